The number of halogens is 1. The van der Waals surface area contributed by atoms with Crippen LogP contribution in [0.15, 0.2) is 0 Å². The molecular weight excluding hydrogens is 269 g/mol. The zero-order chi connectivity index (χ0) is 9.40. The standard InChI is InChI=1S/C8H12INO2/c1-3-5-6-12-8(11)10-7(9)4-2/h2,7H,3,5-6H2,1H3,(H,10,11). The SMILES string of the molecule is C#CC(I)NC(=O)OCCCC. The van der Waals surface area contributed by atoms with E-state index in [1.54, 1.807) is 0 Å². The lowest BCUT2D eigenvalue weighted by Crippen LogP contribution is -2.30. The molecule has 0 saturated heterocycles. The van der Waals surface area contributed by atoms with Crippen LogP contribution in [0.5, 0.6) is 0 Å². The summed E-state index contributed by atoms with van der Waals surface area (Å²) >= 11 is 1.93. The summed E-state index contributed by atoms with van der Waals surface area (Å²) in [6, 6.07) is 0. The van der Waals surface area contributed by atoms with Crippen molar-refractivity contribution in [1.29, 1.82) is 0 Å². The quantitative estimate of drug-likeness (QED) is 0.281. The third-order valence-corrected chi connectivity index (χ3v) is 1.79. The first-order chi connectivity index (χ1) is 5.70. The predicted molar refractivity (Wildman–Crippen MR) is 56.0 cm³/mol. The number of unbranched alkanes of at least 4 members (excludes halogenated alkanes) is 1. The van der Waals surface area contributed by atoms with Gasteiger partial charge in [0.1, 0.15) is 4.05 Å². The van der Waals surface area contributed by atoms with Crippen molar-refractivity contribution in [3.8, 4) is 12.3 Å². The fourth-order valence-corrected chi connectivity index (χ4v) is 0.750. The normalized spacial score (nSPS) is 11.4. The number of carbonyl (C=O) groups is 1. The van der Waals surface area contributed by atoms with Crippen molar-refractivity contribution in [1.82, 2.24) is 5.32 Å². The van der Waals surface area contributed by atoms with Crippen LogP contribution in [0.3, 0.4) is 0 Å². The topological polar surface area (TPSA) is 38.3 Å². The molecule has 1 amide bonds. The molecule has 0 aromatic carbocycles. The molecule has 4 heteroatoms. The van der Waals surface area contributed by atoms with Crippen molar-refractivity contribution < 1.29 is 9.53 Å². The second kappa shape index (κ2) is 7.22. The molecule has 0 radical (unpaired) electrons. The minimum Gasteiger partial charge on any atom is -0.450 e. The highest BCUT2D eigenvalue weighted by Crippen LogP contribution is 1.94. The maximum absolute atomic E-state index is 10.9. The Kier molecular flexibility index (Phi) is 6.96. The summed E-state index contributed by atoms with van der Waals surface area (Å²) in [5.74, 6) is 2.36. The van der Waals surface area contributed by atoms with Gasteiger partial charge < -0.3 is 4.74 Å². The summed E-state index contributed by atoms with van der Waals surface area (Å²) in [6.45, 7) is 2.49. The Hall–Kier alpha value is -0.440. The van der Waals surface area contributed by atoms with Crippen molar-refractivity contribution in [2.75, 3.05) is 6.61 Å². The number of hydrogen-bond acceptors (Lipinski definition) is 2. The van der Waals surface area contributed by atoms with E-state index in [2.05, 4.69) is 11.2 Å². The molecular formula is C8H12INO2. The molecule has 0 aromatic rings. The van der Waals surface area contributed by atoms with E-state index in [-0.39, 0.29) is 4.05 Å². The molecule has 12 heavy (non-hydrogen) atoms. The Morgan fingerprint density at radius 2 is 2.50 bits per heavy atom. The van der Waals surface area contributed by atoms with Gasteiger partial charge in [0.25, 0.3) is 0 Å². The molecule has 0 saturated carbocycles. The molecule has 0 heterocycles. The lowest BCUT2D eigenvalue weighted by Gasteiger charge is -2.06. The van der Waals surface area contributed by atoms with Crippen LogP contribution in [0.2, 0.25) is 0 Å². The lowest BCUT2D eigenvalue weighted by atomic mass is 10.4. The van der Waals surface area contributed by atoms with Crippen LogP contribution in [-0.2, 0) is 4.74 Å². The maximum atomic E-state index is 10.9. The molecule has 1 N–H and O–H groups in total. The van der Waals surface area contributed by atoms with Crippen LogP contribution in [0, 0.1) is 12.3 Å². The minimum atomic E-state index is -0.444. The van der Waals surface area contributed by atoms with Gasteiger partial charge in [-0.25, -0.2) is 4.79 Å². The van der Waals surface area contributed by atoms with E-state index in [1.165, 1.54) is 0 Å². The van der Waals surface area contributed by atoms with Gasteiger partial charge in [0.15, 0.2) is 0 Å². The first kappa shape index (κ1) is 11.6. The van der Waals surface area contributed by atoms with Crippen LogP contribution < -0.4 is 5.32 Å². The van der Waals surface area contributed by atoms with E-state index >= 15 is 0 Å². The summed E-state index contributed by atoms with van der Waals surface area (Å²) < 4.78 is 4.51. The Labute approximate surface area is 86.4 Å². The average Bonchev–Trinajstić information content (AvgIpc) is 2.05. The van der Waals surface area contributed by atoms with Gasteiger partial charge in [-0.1, -0.05) is 19.3 Å². The zero-order valence-electron chi connectivity index (χ0n) is 6.97. The van der Waals surface area contributed by atoms with Crippen LogP contribution >= 0.6 is 22.6 Å². The number of amides is 1. The van der Waals surface area contributed by atoms with Gasteiger partial charge >= 0.3 is 6.09 Å². The summed E-state index contributed by atoms with van der Waals surface area (Å²) in [6.07, 6.45) is 6.50. The van der Waals surface area contributed by atoms with Gasteiger partial charge in [-0.05, 0) is 29.0 Å². The van der Waals surface area contributed by atoms with E-state index in [1.807, 2.05) is 29.5 Å². The molecule has 0 aliphatic rings. The highest BCUT2D eigenvalue weighted by molar-refractivity contribution is 14.1. The molecule has 0 fully saturated rings. The molecule has 68 valence electrons. The van der Waals surface area contributed by atoms with Crippen molar-refractivity contribution in [2.45, 2.75) is 23.8 Å². The van der Waals surface area contributed by atoms with Gasteiger partial charge in [0.05, 0.1) is 6.61 Å². The smallest absolute Gasteiger partial charge is 0.408 e. The monoisotopic (exact) mass is 281 g/mol. The van der Waals surface area contributed by atoms with E-state index < -0.39 is 6.09 Å². The first-order valence-corrected chi connectivity index (χ1v) is 4.98. The molecule has 1 unspecified atom stereocenters. The van der Waals surface area contributed by atoms with Crippen LogP contribution in [-0.4, -0.2) is 16.7 Å². The fourth-order valence-electron chi connectivity index (χ4n) is 0.496. The van der Waals surface area contributed by atoms with E-state index in [0.29, 0.717) is 6.61 Å². The Morgan fingerprint density at radius 1 is 1.83 bits per heavy atom. The fraction of sp³-hybridized carbons (Fsp3) is 0.625. The van der Waals surface area contributed by atoms with Crippen molar-refractivity contribution in [3.05, 3.63) is 0 Å². The van der Waals surface area contributed by atoms with Gasteiger partial charge in [-0.15, -0.1) is 6.42 Å². The minimum absolute atomic E-state index is 0.295. The van der Waals surface area contributed by atoms with Gasteiger partial charge in [0, 0.05) is 0 Å². The summed E-state index contributed by atoms with van der Waals surface area (Å²) in [5.41, 5.74) is 0. The van der Waals surface area contributed by atoms with Crippen LogP contribution in [0.4, 0.5) is 4.79 Å². The molecule has 0 spiro atoms. The third-order valence-electron chi connectivity index (χ3n) is 1.12. The van der Waals surface area contributed by atoms with Crippen molar-refractivity contribution in [2.24, 2.45) is 0 Å². The Bertz CT molecular complexity index is 176. The molecule has 0 aliphatic carbocycles. The summed E-state index contributed by atoms with van der Waals surface area (Å²) in [7, 11) is 0. The van der Waals surface area contributed by atoms with Crippen molar-refractivity contribution in [3.63, 3.8) is 0 Å². The number of hydrogen-bond donors (Lipinski definition) is 1. The largest absolute Gasteiger partial charge is 0.450 e. The maximum Gasteiger partial charge on any atom is 0.408 e. The number of nitrogens with one attached hydrogen (secondary N) is 1. The lowest BCUT2D eigenvalue weighted by molar-refractivity contribution is 0.145. The second-order valence-electron chi connectivity index (χ2n) is 2.16. The van der Waals surface area contributed by atoms with E-state index in [4.69, 9.17) is 11.2 Å². The molecule has 1 atom stereocenters. The number of carbonyl (C=O) groups excluding carboxylic acids is 1. The number of alkyl halides is 1. The van der Waals surface area contributed by atoms with Gasteiger partial charge in [-0.3, -0.25) is 5.32 Å². The number of ether oxygens (including phenoxy) is 1. The van der Waals surface area contributed by atoms with Gasteiger partial charge in [-0.2, -0.15) is 0 Å². The number of terminal acetylenes is 1. The first-order valence-electron chi connectivity index (χ1n) is 3.74. The molecule has 0 aromatic heterocycles. The molecule has 0 rings (SSSR count). The van der Waals surface area contributed by atoms with E-state index in [0.717, 1.165) is 12.8 Å². The second-order valence-corrected chi connectivity index (χ2v) is 3.41. The van der Waals surface area contributed by atoms with Gasteiger partial charge in [0.2, 0.25) is 0 Å². The third kappa shape index (κ3) is 6.28. The number of rotatable bonds is 4. The Balaban J connectivity index is 3.41. The number of alkyl carbamates (subject to hydrolysis) is 1. The summed E-state index contributed by atoms with van der Waals surface area (Å²) in [4.78, 5) is 10.9. The van der Waals surface area contributed by atoms with Crippen LogP contribution in [0.25, 0.3) is 0 Å². The van der Waals surface area contributed by atoms with Crippen LogP contribution in [0.1, 0.15) is 19.8 Å². The zero-order valence-corrected chi connectivity index (χ0v) is 9.13. The van der Waals surface area contributed by atoms with Crippen molar-refractivity contribution >= 4 is 28.7 Å². The molecule has 0 bridgehead atoms. The average molecular weight is 281 g/mol. The Morgan fingerprint density at radius 3 is 3.00 bits per heavy atom. The summed E-state index contributed by atoms with van der Waals surface area (Å²) in [5, 5.41) is 2.48. The molecule has 0 aliphatic heterocycles. The molecule has 3 nitrogen and oxygen atoms in total. The predicted octanol–water partition coefficient (Wildman–Crippen LogP) is 1.91. The highest BCUT2D eigenvalue weighted by Gasteiger charge is 2.04. The van der Waals surface area contributed by atoms with E-state index in [9.17, 15) is 4.79 Å². The highest BCUT2D eigenvalue weighted by atomic mass is 127.